The van der Waals surface area contributed by atoms with Crippen LogP contribution >= 0.6 is 0 Å². The van der Waals surface area contributed by atoms with Crippen LogP contribution in [0.2, 0.25) is 0 Å². The van der Waals surface area contributed by atoms with E-state index in [1.165, 1.54) is 5.56 Å². The van der Waals surface area contributed by atoms with Gasteiger partial charge in [-0.1, -0.05) is 30.3 Å². The summed E-state index contributed by atoms with van der Waals surface area (Å²) in [5, 5.41) is 0. The van der Waals surface area contributed by atoms with E-state index in [0.717, 1.165) is 19.5 Å². The average molecular weight is 247 g/mol. The number of carbonyl (C=O) groups is 1. The lowest BCUT2D eigenvalue weighted by atomic mass is 10.1. The van der Waals surface area contributed by atoms with Gasteiger partial charge in [0.25, 0.3) is 0 Å². The third-order valence-electron chi connectivity index (χ3n) is 3.24. The van der Waals surface area contributed by atoms with Crippen LogP contribution in [0.1, 0.15) is 25.8 Å². The van der Waals surface area contributed by atoms with E-state index < -0.39 is 0 Å². The molecule has 1 aliphatic heterocycles. The number of nitrogens with zero attached hydrogens (tertiary/aromatic N) is 1. The highest BCUT2D eigenvalue weighted by molar-refractivity contribution is 5.76. The second-order valence-corrected chi connectivity index (χ2v) is 5.04. The van der Waals surface area contributed by atoms with Gasteiger partial charge in [-0.3, -0.25) is 4.79 Å². The molecular weight excluding hydrogens is 226 g/mol. The minimum absolute atomic E-state index is 0.148. The highest BCUT2D eigenvalue weighted by atomic mass is 16.5. The molecule has 18 heavy (non-hydrogen) atoms. The Morgan fingerprint density at radius 3 is 2.44 bits per heavy atom. The molecule has 0 radical (unpaired) electrons. The van der Waals surface area contributed by atoms with Gasteiger partial charge in [0.1, 0.15) is 0 Å². The molecule has 2 atom stereocenters. The molecule has 0 bridgehead atoms. The predicted octanol–water partition coefficient (Wildman–Crippen LogP) is 2.25. The van der Waals surface area contributed by atoms with Crippen LogP contribution in [0.15, 0.2) is 30.3 Å². The minimum atomic E-state index is 0.148. The highest BCUT2D eigenvalue weighted by Crippen LogP contribution is 2.13. The van der Waals surface area contributed by atoms with Crippen LogP contribution in [0.4, 0.5) is 0 Å². The molecule has 3 heteroatoms. The van der Waals surface area contributed by atoms with E-state index in [9.17, 15) is 4.79 Å². The average Bonchev–Trinajstić information content (AvgIpc) is 2.36. The SMILES string of the molecule is C[C@H]1CN(C(=O)CCc2ccccc2)C[C@H](C)O1. The summed E-state index contributed by atoms with van der Waals surface area (Å²) in [5.74, 6) is 0.237. The Hall–Kier alpha value is -1.35. The van der Waals surface area contributed by atoms with Crippen molar-refractivity contribution < 1.29 is 9.53 Å². The van der Waals surface area contributed by atoms with Crippen molar-refractivity contribution in [3.05, 3.63) is 35.9 Å². The molecule has 0 unspecified atom stereocenters. The minimum Gasteiger partial charge on any atom is -0.372 e. The molecule has 0 N–H and O–H groups in total. The third kappa shape index (κ3) is 3.57. The molecule has 0 aliphatic carbocycles. The fourth-order valence-electron chi connectivity index (χ4n) is 2.44. The van der Waals surface area contributed by atoms with Gasteiger partial charge in [-0.2, -0.15) is 0 Å². The normalized spacial score (nSPS) is 24.0. The zero-order valence-corrected chi connectivity index (χ0v) is 11.1. The van der Waals surface area contributed by atoms with Crippen LogP contribution in [0, 0.1) is 0 Å². The highest BCUT2D eigenvalue weighted by Gasteiger charge is 2.25. The number of carbonyl (C=O) groups excluding carboxylic acids is 1. The lowest BCUT2D eigenvalue weighted by Crippen LogP contribution is -2.48. The molecule has 1 amide bonds. The lowest BCUT2D eigenvalue weighted by Gasteiger charge is -2.35. The maximum absolute atomic E-state index is 12.1. The van der Waals surface area contributed by atoms with Crippen molar-refractivity contribution in [1.82, 2.24) is 4.90 Å². The number of hydrogen-bond acceptors (Lipinski definition) is 2. The van der Waals surface area contributed by atoms with Crippen LogP contribution in [0.3, 0.4) is 0 Å². The zero-order chi connectivity index (χ0) is 13.0. The van der Waals surface area contributed by atoms with Crippen molar-refractivity contribution in [1.29, 1.82) is 0 Å². The first kappa shape index (κ1) is 13.1. The van der Waals surface area contributed by atoms with Crippen LogP contribution in [0.5, 0.6) is 0 Å². The van der Waals surface area contributed by atoms with Gasteiger partial charge in [0.2, 0.25) is 5.91 Å². The first-order chi connectivity index (χ1) is 8.65. The summed E-state index contributed by atoms with van der Waals surface area (Å²) in [4.78, 5) is 14.1. The number of ether oxygens (including phenoxy) is 1. The van der Waals surface area contributed by atoms with E-state index >= 15 is 0 Å². The summed E-state index contributed by atoms with van der Waals surface area (Å²) in [7, 11) is 0. The second kappa shape index (κ2) is 6.01. The van der Waals surface area contributed by atoms with Crippen molar-refractivity contribution in [3.8, 4) is 0 Å². The molecule has 98 valence electrons. The molecule has 1 aromatic rings. The van der Waals surface area contributed by atoms with Gasteiger partial charge in [-0.15, -0.1) is 0 Å². The summed E-state index contributed by atoms with van der Waals surface area (Å²) in [5.41, 5.74) is 1.22. The van der Waals surface area contributed by atoms with Crippen molar-refractivity contribution >= 4 is 5.91 Å². The van der Waals surface area contributed by atoms with Gasteiger partial charge in [0.15, 0.2) is 0 Å². The largest absolute Gasteiger partial charge is 0.372 e. The number of rotatable bonds is 3. The van der Waals surface area contributed by atoms with E-state index in [4.69, 9.17) is 4.74 Å². The van der Waals surface area contributed by atoms with E-state index in [1.807, 2.05) is 36.9 Å². The van der Waals surface area contributed by atoms with E-state index in [2.05, 4.69) is 12.1 Å². The predicted molar refractivity (Wildman–Crippen MR) is 71.4 cm³/mol. The smallest absolute Gasteiger partial charge is 0.223 e. The molecule has 0 aromatic heterocycles. The molecular formula is C15H21NO2. The monoisotopic (exact) mass is 247 g/mol. The number of aryl methyl sites for hydroxylation is 1. The third-order valence-corrected chi connectivity index (χ3v) is 3.24. The zero-order valence-electron chi connectivity index (χ0n) is 11.1. The van der Waals surface area contributed by atoms with Crippen molar-refractivity contribution in [2.24, 2.45) is 0 Å². The van der Waals surface area contributed by atoms with Crippen molar-refractivity contribution in [2.45, 2.75) is 38.9 Å². The molecule has 1 heterocycles. The summed E-state index contributed by atoms with van der Waals surface area (Å²) in [6.45, 7) is 5.48. The molecule has 1 saturated heterocycles. The van der Waals surface area contributed by atoms with Crippen molar-refractivity contribution in [2.75, 3.05) is 13.1 Å². The van der Waals surface area contributed by atoms with Crippen LogP contribution in [-0.2, 0) is 16.0 Å². The summed E-state index contributed by atoms with van der Waals surface area (Å²) >= 11 is 0. The Balaban J connectivity index is 1.84. The molecule has 0 spiro atoms. The van der Waals surface area contributed by atoms with Gasteiger partial charge in [-0.25, -0.2) is 0 Å². The topological polar surface area (TPSA) is 29.5 Å². The van der Waals surface area contributed by atoms with Crippen LogP contribution in [-0.4, -0.2) is 36.1 Å². The molecule has 1 fully saturated rings. The molecule has 2 rings (SSSR count). The van der Waals surface area contributed by atoms with Gasteiger partial charge in [0, 0.05) is 19.5 Å². The van der Waals surface area contributed by atoms with Gasteiger partial charge >= 0.3 is 0 Å². The first-order valence-electron chi connectivity index (χ1n) is 6.62. The van der Waals surface area contributed by atoms with Crippen LogP contribution < -0.4 is 0 Å². The van der Waals surface area contributed by atoms with Crippen LogP contribution in [0.25, 0.3) is 0 Å². The number of morpholine rings is 1. The van der Waals surface area contributed by atoms with E-state index in [1.54, 1.807) is 0 Å². The van der Waals surface area contributed by atoms with E-state index in [-0.39, 0.29) is 18.1 Å². The summed E-state index contributed by atoms with van der Waals surface area (Å²) in [6.07, 6.45) is 1.70. The lowest BCUT2D eigenvalue weighted by molar-refractivity contribution is -0.143. The molecule has 1 aliphatic rings. The number of amides is 1. The number of hydrogen-bond donors (Lipinski definition) is 0. The second-order valence-electron chi connectivity index (χ2n) is 5.04. The fourth-order valence-corrected chi connectivity index (χ4v) is 2.44. The Labute approximate surface area is 109 Å². The quantitative estimate of drug-likeness (QED) is 0.820. The maximum atomic E-state index is 12.1. The molecule has 3 nitrogen and oxygen atoms in total. The Bertz CT molecular complexity index is 381. The van der Waals surface area contributed by atoms with Crippen molar-refractivity contribution in [3.63, 3.8) is 0 Å². The Kier molecular flexibility index (Phi) is 4.37. The Morgan fingerprint density at radius 2 is 1.83 bits per heavy atom. The summed E-state index contributed by atoms with van der Waals surface area (Å²) in [6, 6.07) is 10.2. The molecule has 0 saturated carbocycles. The number of benzene rings is 1. The fraction of sp³-hybridized carbons (Fsp3) is 0.533. The van der Waals surface area contributed by atoms with Gasteiger partial charge < -0.3 is 9.64 Å². The first-order valence-corrected chi connectivity index (χ1v) is 6.62. The standard InChI is InChI=1S/C15H21NO2/c1-12-10-16(11-13(2)18-12)15(17)9-8-14-6-4-3-5-7-14/h3-7,12-13H,8-11H2,1-2H3/t12-,13-/m0/s1. The van der Waals surface area contributed by atoms with E-state index in [0.29, 0.717) is 6.42 Å². The Morgan fingerprint density at radius 1 is 1.22 bits per heavy atom. The van der Waals surface area contributed by atoms with Gasteiger partial charge in [0.05, 0.1) is 12.2 Å². The van der Waals surface area contributed by atoms with Gasteiger partial charge in [-0.05, 0) is 25.8 Å². The maximum Gasteiger partial charge on any atom is 0.223 e. The summed E-state index contributed by atoms with van der Waals surface area (Å²) < 4.78 is 5.64. The molecule has 1 aromatic carbocycles.